The predicted octanol–water partition coefficient (Wildman–Crippen LogP) is 4.44. The van der Waals surface area contributed by atoms with Gasteiger partial charge < -0.3 is 9.73 Å². The third-order valence-corrected chi connectivity index (χ3v) is 4.23. The van der Waals surface area contributed by atoms with Crippen molar-refractivity contribution in [3.8, 4) is 11.3 Å². The highest BCUT2D eigenvalue weighted by Gasteiger charge is 2.15. The SMILES string of the molecule is Cc1ccc(-c2cnc(CCC(=O)Nc3cccc([N+](=O)[O-])c3C)o2)cc1. The first-order chi connectivity index (χ1) is 12.9. The van der Waals surface area contributed by atoms with E-state index in [4.69, 9.17) is 4.42 Å². The van der Waals surface area contributed by atoms with Crippen molar-refractivity contribution in [2.45, 2.75) is 26.7 Å². The van der Waals surface area contributed by atoms with E-state index < -0.39 is 4.92 Å². The highest BCUT2D eigenvalue weighted by atomic mass is 16.6. The highest BCUT2D eigenvalue weighted by molar-refractivity contribution is 5.92. The monoisotopic (exact) mass is 365 g/mol. The number of anilines is 1. The fourth-order valence-electron chi connectivity index (χ4n) is 2.67. The minimum Gasteiger partial charge on any atom is -0.441 e. The summed E-state index contributed by atoms with van der Waals surface area (Å²) in [6.45, 7) is 3.62. The van der Waals surface area contributed by atoms with Gasteiger partial charge >= 0.3 is 0 Å². The van der Waals surface area contributed by atoms with Crippen molar-refractivity contribution < 1.29 is 14.1 Å². The maximum Gasteiger partial charge on any atom is 0.274 e. The van der Waals surface area contributed by atoms with Crippen LogP contribution in [0.15, 0.2) is 53.1 Å². The standard InChI is InChI=1S/C20H19N3O4/c1-13-6-8-15(9-7-13)18-12-21-20(27-18)11-10-19(24)22-16-4-3-5-17(14(16)2)23(25)26/h3-9,12H,10-11H2,1-2H3,(H,22,24). The van der Waals surface area contributed by atoms with Gasteiger partial charge in [0, 0.05) is 24.5 Å². The summed E-state index contributed by atoms with van der Waals surface area (Å²) in [5.41, 5.74) is 2.92. The second-order valence-corrected chi connectivity index (χ2v) is 6.24. The number of rotatable bonds is 6. The summed E-state index contributed by atoms with van der Waals surface area (Å²) >= 11 is 0. The molecular weight excluding hydrogens is 346 g/mol. The topological polar surface area (TPSA) is 98.3 Å². The van der Waals surface area contributed by atoms with E-state index in [9.17, 15) is 14.9 Å². The Kier molecular flexibility index (Phi) is 5.30. The van der Waals surface area contributed by atoms with Crippen molar-refractivity contribution >= 4 is 17.3 Å². The lowest BCUT2D eigenvalue weighted by atomic mass is 10.1. The molecule has 3 aromatic rings. The smallest absolute Gasteiger partial charge is 0.274 e. The maximum atomic E-state index is 12.2. The van der Waals surface area contributed by atoms with Crippen molar-refractivity contribution in [1.29, 1.82) is 0 Å². The normalized spacial score (nSPS) is 10.6. The Balaban J connectivity index is 1.61. The molecule has 0 aliphatic rings. The van der Waals surface area contributed by atoms with E-state index in [0.717, 1.165) is 11.1 Å². The Morgan fingerprint density at radius 1 is 1.19 bits per heavy atom. The molecule has 0 saturated carbocycles. The zero-order valence-electron chi connectivity index (χ0n) is 15.1. The molecule has 1 N–H and O–H groups in total. The van der Waals surface area contributed by atoms with Crippen LogP contribution in [-0.2, 0) is 11.2 Å². The van der Waals surface area contributed by atoms with Gasteiger partial charge in [0.15, 0.2) is 11.7 Å². The fraction of sp³-hybridized carbons (Fsp3) is 0.200. The van der Waals surface area contributed by atoms with Crippen molar-refractivity contribution in [2.24, 2.45) is 0 Å². The Hall–Kier alpha value is -3.48. The van der Waals surface area contributed by atoms with Gasteiger partial charge in [0.05, 0.1) is 22.4 Å². The number of nitrogens with one attached hydrogen (secondary N) is 1. The minimum atomic E-state index is -0.468. The molecule has 7 nitrogen and oxygen atoms in total. The van der Waals surface area contributed by atoms with Gasteiger partial charge in [-0.25, -0.2) is 4.98 Å². The zero-order valence-corrected chi connectivity index (χ0v) is 15.1. The Morgan fingerprint density at radius 3 is 2.63 bits per heavy atom. The van der Waals surface area contributed by atoms with Gasteiger partial charge in [-0.3, -0.25) is 14.9 Å². The lowest BCUT2D eigenvalue weighted by Gasteiger charge is -2.08. The summed E-state index contributed by atoms with van der Waals surface area (Å²) < 4.78 is 5.70. The number of aromatic nitrogens is 1. The summed E-state index contributed by atoms with van der Waals surface area (Å²) in [5.74, 6) is 0.866. The number of amides is 1. The molecule has 0 radical (unpaired) electrons. The Labute approximate surface area is 156 Å². The number of aryl methyl sites for hydroxylation is 2. The molecule has 0 bridgehead atoms. The average Bonchev–Trinajstić information content (AvgIpc) is 3.11. The molecule has 0 unspecified atom stereocenters. The van der Waals surface area contributed by atoms with Crippen molar-refractivity contribution in [3.63, 3.8) is 0 Å². The molecule has 0 atom stereocenters. The fourth-order valence-corrected chi connectivity index (χ4v) is 2.67. The number of hydrogen-bond donors (Lipinski definition) is 1. The highest BCUT2D eigenvalue weighted by Crippen LogP contribution is 2.25. The van der Waals surface area contributed by atoms with E-state index in [1.807, 2.05) is 31.2 Å². The largest absolute Gasteiger partial charge is 0.441 e. The third kappa shape index (κ3) is 4.38. The molecule has 0 spiro atoms. The van der Waals surface area contributed by atoms with Crippen LogP contribution in [0.25, 0.3) is 11.3 Å². The van der Waals surface area contributed by atoms with E-state index in [1.165, 1.54) is 6.07 Å². The molecule has 0 fully saturated rings. The summed E-state index contributed by atoms with van der Waals surface area (Å²) in [4.78, 5) is 26.9. The van der Waals surface area contributed by atoms with Crippen LogP contribution in [0.3, 0.4) is 0 Å². The van der Waals surface area contributed by atoms with Crippen LogP contribution in [0, 0.1) is 24.0 Å². The summed E-state index contributed by atoms with van der Waals surface area (Å²) in [6, 6.07) is 12.5. The first kappa shape index (κ1) is 18.3. The number of nitro groups is 1. The average molecular weight is 365 g/mol. The molecule has 27 heavy (non-hydrogen) atoms. The number of oxazole rings is 1. The second kappa shape index (κ2) is 7.82. The first-order valence-electron chi connectivity index (χ1n) is 8.49. The van der Waals surface area contributed by atoms with Gasteiger partial charge in [0.2, 0.25) is 5.91 Å². The molecule has 0 aliphatic heterocycles. The zero-order chi connectivity index (χ0) is 19.4. The van der Waals surface area contributed by atoms with E-state index in [-0.39, 0.29) is 18.0 Å². The molecule has 2 aromatic carbocycles. The summed E-state index contributed by atoms with van der Waals surface area (Å²) in [7, 11) is 0. The van der Waals surface area contributed by atoms with E-state index >= 15 is 0 Å². The van der Waals surface area contributed by atoms with Gasteiger partial charge in [-0.15, -0.1) is 0 Å². The van der Waals surface area contributed by atoms with Crippen LogP contribution >= 0.6 is 0 Å². The molecule has 138 valence electrons. The summed E-state index contributed by atoms with van der Waals surface area (Å²) in [6.07, 6.45) is 2.14. The summed E-state index contributed by atoms with van der Waals surface area (Å²) in [5, 5.41) is 13.7. The van der Waals surface area contributed by atoms with Crippen LogP contribution in [0.4, 0.5) is 11.4 Å². The third-order valence-electron chi connectivity index (χ3n) is 4.23. The van der Waals surface area contributed by atoms with Gasteiger partial charge in [0.1, 0.15) is 0 Å². The Morgan fingerprint density at radius 2 is 1.93 bits per heavy atom. The van der Waals surface area contributed by atoms with Crippen LogP contribution in [0.5, 0.6) is 0 Å². The molecule has 3 rings (SSSR count). The van der Waals surface area contributed by atoms with Gasteiger partial charge in [-0.05, 0) is 19.9 Å². The quantitative estimate of drug-likeness (QED) is 0.514. The maximum absolute atomic E-state index is 12.2. The lowest BCUT2D eigenvalue weighted by Crippen LogP contribution is -2.13. The van der Waals surface area contributed by atoms with Crippen LogP contribution < -0.4 is 5.32 Å². The van der Waals surface area contributed by atoms with Crippen molar-refractivity contribution in [3.05, 3.63) is 75.8 Å². The molecule has 7 heteroatoms. The molecule has 1 amide bonds. The van der Waals surface area contributed by atoms with E-state index in [2.05, 4.69) is 10.3 Å². The number of hydrogen-bond acceptors (Lipinski definition) is 5. The molecule has 1 heterocycles. The second-order valence-electron chi connectivity index (χ2n) is 6.24. The van der Waals surface area contributed by atoms with Crippen LogP contribution in [0.2, 0.25) is 0 Å². The first-order valence-corrected chi connectivity index (χ1v) is 8.49. The molecule has 0 saturated heterocycles. The van der Waals surface area contributed by atoms with Gasteiger partial charge in [-0.1, -0.05) is 35.9 Å². The number of carbonyl (C=O) groups is 1. The van der Waals surface area contributed by atoms with E-state index in [0.29, 0.717) is 29.3 Å². The number of nitrogens with zero attached hydrogens (tertiary/aromatic N) is 2. The predicted molar refractivity (Wildman–Crippen MR) is 101 cm³/mol. The minimum absolute atomic E-state index is 0.0248. The van der Waals surface area contributed by atoms with Crippen molar-refractivity contribution in [2.75, 3.05) is 5.32 Å². The van der Waals surface area contributed by atoms with Gasteiger partial charge in [0.25, 0.3) is 5.69 Å². The van der Waals surface area contributed by atoms with Crippen molar-refractivity contribution in [1.82, 2.24) is 4.98 Å². The molecular formula is C20H19N3O4. The van der Waals surface area contributed by atoms with E-state index in [1.54, 1.807) is 25.3 Å². The number of carbonyl (C=O) groups excluding carboxylic acids is 1. The Bertz CT molecular complexity index is 977. The lowest BCUT2D eigenvalue weighted by molar-refractivity contribution is -0.385. The van der Waals surface area contributed by atoms with Crippen LogP contribution in [-0.4, -0.2) is 15.8 Å². The molecule has 1 aromatic heterocycles. The van der Waals surface area contributed by atoms with Crippen LogP contribution in [0.1, 0.15) is 23.4 Å². The van der Waals surface area contributed by atoms with Gasteiger partial charge in [-0.2, -0.15) is 0 Å². The number of nitro benzene ring substituents is 1. The molecule has 0 aliphatic carbocycles. The number of benzene rings is 2.